The number of ether oxygens (including phenoxy) is 1. The predicted octanol–water partition coefficient (Wildman–Crippen LogP) is 3.11. The molecule has 0 atom stereocenters. The summed E-state index contributed by atoms with van der Waals surface area (Å²) in [5.74, 6) is 1.02. The molecule has 0 unspecified atom stereocenters. The van der Waals surface area contributed by atoms with Crippen molar-refractivity contribution in [1.82, 2.24) is 0 Å². The highest BCUT2D eigenvalue weighted by Crippen LogP contribution is 2.26. The van der Waals surface area contributed by atoms with E-state index in [9.17, 15) is 0 Å². The summed E-state index contributed by atoms with van der Waals surface area (Å²) in [4.78, 5) is 0. The van der Waals surface area contributed by atoms with Gasteiger partial charge in [0.1, 0.15) is 5.75 Å². The van der Waals surface area contributed by atoms with Gasteiger partial charge in [-0.15, -0.1) is 0 Å². The second-order valence-corrected chi connectivity index (χ2v) is 4.77. The fraction of sp³-hybridized carbons (Fsp3) is 0.600. The van der Waals surface area contributed by atoms with E-state index in [0.29, 0.717) is 6.61 Å². The minimum atomic E-state index is 0.311. The van der Waals surface area contributed by atoms with E-state index in [-0.39, 0.29) is 0 Å². The zero-order chi connectivity index (χ0) is 11.9. The number of hydrogen-bond donors (Lipinski definition) is 1. The normalized spacial score (nSPS) is 13.7. The van der Waals surface area contributed by atoms with Crippen LogP contribution in [0.4, 0.5) is 0 Å². The van der Waals surface area contributed by atoms with Crippen LogP contribution in [0.15, 0.2) is 18.2 Å². The minimum absolute atomic E-state index is 0.311. The van der Waals surface area contributed by atoms with Crippen LogP contribution < -0.4 is 4.74 Å². The fourth-order valence-corrected chi connectivity index (χ4v) is 2.40. The van der Waals surface area contributed by atoms with Crippen LogP contribution in [0.3, 0.4) is 0 Å². The topological polar surface area (TPSA) is 29.5 Å². The van der Waals surface area contributed by atoms with Crippen molar-refractivity contribution in [3.05, 3.63) is 29.3 Å². The molecule has 0 bridgehead atoms. The number of hydrogen-bond acceptors (Lipinski definition) is 2. The van der Waals surface area contributed by atoms with Crippen molar-refractivity contribution in [2.75, 3.05) is 13.2 Å². The Hall–Kier alpha value is -1.02. The Kier molecular flexibility index (Phi) is 4.87. The first kappa shape index (κ1) is 12.4. The van der Waals surface area contributed by atoms with Crippen LogP contribution in [0.1, 0.15) is 43.2 Å². The number of fused-ring (bicyclic) bond motifs is 1. The molecule has 94 valence electrons. The molecule has 1 aromatic rings. The van der Waals surface area contributed by atoms with Gasteiger partial charge in [0.2, 0.25) is 0 Å². The third-order valence-corrected chi connectivity index (χ3v) is 3.39. The van der Waals surface area contributed by atoms with Crippen LogP contribution in [0.2, 0.25) is 0 Å². The van der Waals surface area contributed by atoms with Crippen molar-refractivity contribution in [1.29, 1.82) is 0 Å². The Bertz CT molecular complexity index is 347. The van der Waals surface area contributed by atoms with Crippen molar-refractivity contribution in [2.45, 2.75) is 44.9 Å². The van der Waals surface area contributed by atoms with Crippen LogP contribution in [0.25, 0.3) is 0 Å². The maximum absolute atomic E-state index is 8.66. The van der Waals surface area contributed by atoms with Gasteiger partial charge < -0.3 is 9.84 Å². The van der Waals surface area contributed by atoms with Gasteiger partial charge in [0, 0.05) is 6.61 Å². The molecule has 0 saturated carbocycles. The van der Waals surface area contributed by atoms with E-state index in [4.69, 9.17) is 9.84 Å². The van der Waals surface area contributed by atoms with E-state index in [1.165, 1.54) is 30.4 Å². The molecule has 2 rings (SSSR count). The molecular weight excluding hydrogens is 212 g/mol. The smallest absolute Gasteiger partial charge is 0.119 e. The van der Waals surface area contributed by atoms with Gasteiger partial charge in [0.15, 0.2) is 0 Å². The van der Waals surface area contributed by atoms with Crippen LogP contribution in [-0.4, -0.2) is 18.3 Å². The Morgan fingerprint density at radius 2 is 1.82 bits per heavy atom. The number of aryl methyl sites for hydroxylation is 2. The number of rotatable bonds is 7. The average Bonchev–Trinajstić information content (AvgIpc) is 2.81. The van der Waals surface area contributed by atoms with Crippen molar-refractivity contribution in [2.24, 2.45) is 0 Å². The molecule has 1 aromatic carbocycles. The molecular formula is C15H22O2. The summed E-state index contributed by atoms with van der Waals surface area (Å²) in [6.07, 6.45) is 7.98. The molecule has 0 aliphatic heterocycles. The quantitative estimate of drug-likeness (QED) is 0.735. The molecule has 1 aliphatic carbocycles. The van der Waals surface area contributed by atoms with Gasteiger partial charge in [0.05, 0.1) is 6.61 Å². The lowest BCUT2D eigenvalue weighted by atomic mass is 10.1. The second-order valence-electron chi connectivity index (χ2n) is 4.77. The van der Waals surface area contributed by atoms with E-state index in [2.05, 4.69) is 18.2 Å². The summed E-state index contributed by atoms with van der Waals surface area (Å²) in [6, 6.07) is 6.51. The van der Waals surface area contributed by atoms with Crippen LogP contribution in [-0.2, 0) is 12.8 Å². The van der Waals surface area contributed by atoms with Crippen LogP contribution in [0.5, 0.6) is 5.75 Å². The summed E-state index contributed by atoms with van der Waals surface area (Å²) in [7, 11) is 0. The molecule has 2 nitrogen and oxygen atoms in total. The van der Waals surface area contributed by atoms with Crippen LogP contribution in [0, 0.1) is 0 Å². The third-order valence-electron chi connectivity index (χ3n) is 3.39. The largest absolute Gasteiger partial charge is 0.494 e. The molecule has 0 fully saturated rings. The SMILES string of the molecule is OCCCCCCOc1ccc2c(c1)CCC2. The Morgan fingerprint density at radius 3 is 2.71 bits per heavy atom. The zero-order valence-electron chi connectivity index (χ0n) is 10.5. The number of benzene rings is 1. The van der Waals surface area contributed by atoms with Gasteiger partial charge in [-0.2, -0.15) is 0 Å². The van der Waals surface area contributed by atoms with E-state index in [0.717, 1.165) is 38.0 Å². The molecule has 17 heavy (non-hydrogen) atoms. The number of unbranched alkanes of at least 4 members (excludes halogenated alkanes) is 3. The average molecular weight is 234 g/mol. The summed E-state index contributed by atoms with van der Waals surface area (Å²) in [6.45, 7) is 1.11. The number of aliphatic hydroxyl groups excluding tert-OH is 1. The summed E-state index contributed by atoms with van der Waals surface area (Å²) in [5.41, 5.74) is 2.98. The Balaban J connectivity index is 1.69. The maximum Gasteiger partial charge on any atom is 0.119 e. The van der Waals surface area contributed by atoms with E-state index in [1.807, 2.05) is 0 Å². The molecule has 0 aromatic heterocycles. The maximum atomic E-state index is 8.66. The van der Waals surface area contributed by atoms with Gasteiger partial charge in [0.25, 0.3) is 0 Å². The second kappa shape index (κ2) is 6.65. The number of aliphatic hydroxyl groups is 1. The zero-order valence-corrected chi connectivity index (χ0v) is 10.5. The van der Waals surface area contributed by atoms with E-state index < -0.39 is 0 Å². The van der Waals surface area contributed by atoms with Gasteiger partial charge in [-0.1, -0.05) is 12.5 Å². The third kappa shape index (κ3) is 3.74. The molecule has 1 N–H and O–H groups in total. The predicted molar refractivity (Wildman–Crippen MR) is 69.5 cm³/mol. The molecule has 0 heterocycles. The Labute approximate surface area is 104 Å². The summed E-state index contributed by atoms with van der Waals surface area (Å²) < 4.78 is 5.75. The lowest BCUT2D eigenvalue weighted by Gasteiger charge is -2.08. The summed E-state index contributed by atoms with van der Waals surface area (Å²) >= 11 is 0. The lowest BCUT2D eigenvalue weighted by Crippen LogP contribution is -1.98. The first-order chi connectivity index (χ1) is 8.40. The van der Waals surface area contributed by atoms with E-state index in [1.54, 1.807) is 0 Å². The van der Waals surface area contributed by atoms with Gasteiger partial charge >= 0.3 is 0 Å². The van der Waals surface area contributed by atoms with Crippen molar-refractivity contribution < 1.29 is 9.84 Å². The van der Waals surface area contributed by atoms with Crippen molar-refractivity contribution in [3.63, 3.8) is 0 Å². The highest BCUT2D eigenvalue weighted by molar-refractivity contribution is 5.38. The van der Waals surface area contributed by atoms with Crippen molar-refractivity contribution in [3.8, 4) is 5.75 Å². The molecule has 1 aliphatic rings. The first-order valence-corrected chi connectivity index (χ1v) is 6.75. The highest BCUT2D eigenvalue weighted by atomic mass is 16.5. The molecule has 0 amide bonds. The highest BCUT2D eigenvalue weighted by Gasteiger charge is 2.10. The summed E-state index contributed by atoms with van der Waals surface area (Å²) in [5, 5.41) is 8.66. The first-order valence-electron chi connectivity index (χ1n) is 6.75. The molecule has 2 heteroatoms. The monoisotopic (exact) mass is 234 g/mol. The molecule has 0 radical (unpaired) electrons. The van der Waals surface area contributed by atoms with Gasteiger partial charge in [-0.3, -0.25) is 0 Å². The van der Waals surface area contributed by atoms with Gasteiger partial charge in [-0.25, -0.2) is 0 Å². The van der Waals surface area contributed by atoms with Gasteiger partial charge in [-0.05, 0) is 61.8 Å². The molecule has 0 spiro atoms. The lowest BCUT2D eigenvalue weighted by molar-refractivity contribution is 0.273. The Morgan fingerprint density at radius 1 is 1.00 bits per heavy atom. The van der Waals surface area contributed by atoms with Crippen molar-refractivity contribution >= 4 is 0 Å². The molecule has 0 saturated heterocycles. The fourth-order valence-electron chi connectivity index (χ4n) is 2.40. The standard InChI is InChI=1S/C15H22O2/c16-10-3-1-2-4-11-17-15-9-8-13-6-5-7-14(13)12-15/h8-9,12,16H,1-7,10-11H2. The van der Waals surface area contributed by atoms with Crippen LogP contribution >= 0.6 is 0 Å². The minimum Gasteiger partial charge on any atom is -0.494 e. The van der Waals surface area contributed by atoms with E-state index >= 15 is 0 Å².